The Balaban J connectivity index is 2.35. The number of rotatable bonds is 2. The molecule has 0 spiro atoms. The number of nitrogens with one attached hydrogen (secondary N) is 1. The summed E-state index contributed by atoms with van der Waals surface area (Å²) in [4.78, 5) is 12.4. The van der Waals surface area contributed by atoms with Gasteiger partial charge in [0.15, 0.2) is 5.78 Å². The van der Waals surface area contributed by atoms with E-state index in [1.807, 2.05) is 0 Å². The molecule has 4 unspecified atom stereocenters. The van der Waals surface area contributed by atoms with E-state index in [4.69, 9.17) is 0 Å². The van der Waals surface area contributed by atoms with Crippen molar-refractivity contribution in [1.29, 1.82) is 0 Å². The Bertz CT molecular complexity index is 501. The fourth-order valence-electron chi connectivity index (χ4n) is 3.78. The molecule has 19 heavy (non-hydrogen) atoms. The fraction of sp³-hybridized carbons (Fsp3) is 0.929. The molecule has 1 N–H and O–H groups in total. The van der Waals surface area contributed by atoms with Crippen LogP contribution >= 0.6 is 0 Å². The summed E-state index contributed by atoms with van der Waals surface area (Å²) in [5, 5.41) is -0.858. The van der Waals surface area contributed by atoms with Crippen molar-refractivity contribution in [1.82, 2.24) is 4.72 Å². The van der Waals surface area contributed by atoms with E-state index < -0.39 is 20.8 Å². The average Bonchev–Trinajstić information content (AvgIpc) is 2.60. The van der Waals surface area contributed by atoms with Crippen molar-refractivity contribution in [3.63, 3.8) is 0 Å². The van der Waals surface area contributed by atoms with Crippen molar-refractivity contribution in [2.24, 2.45) is 23.2 Å². The summed E-state index contributed by atoms with van der Waals surface area (Å²) >= 11 is 0. The zero-order valence-electron chi connectivity index (χ0n) is 12.6. The largest absolute Gasteiger partial charge is 0.298 e. The summed E-state index contributed by atoms with van der Waals surface area (Å²) in [5.41, 5.74) is -0.632. The first-order chi connectivity index (χ1) is 8.38. The Morgan fingerprint density at radius 3 is 2.21 bits per heavy atom. The monoisotopic (exact) mass is 287 g/mol. The highest BCUT2D eigenvalue weighted by atomic mass is 32.2. The smallest absolute Gasteiger partial charge is 0.222 e. The van der Waals surface area contributed by atoms with Gasteiger partial charge in [-0.2, -0.15) is 0 Å². The number of hydrogen-bond acceptors (Lipinski definition) is 3. The minimum absolute atomic E-state index is 0.0557. The fourth-order valence-corrected chi connectivity index (χ4v) is 6.14. The lowest BCUT2D eigenvalue weighted by atomic mass is 9.69. The van der Waals surface area contributed by atoms with E-state index in [1.54, 1.807) is 20.8 Å². The zero-order chi connectivity index (χ0) is 14.8. The van der Waals surface area contributed by atoms with Crippen LogP contribution in [0.3, 0.4) is 0 Å². The molecule has 0 aliphatic heterocycles. The molecule has 2 saturated carbocycles. The summed E-state index contributed by atoms with van der Waals surface area (Å²) in [6.07, 6.45) is 0.725. The number of fused-ring (bicyclic) bond motifs is 2. The lowest BCUT2D eigenvalue weighted by Crippen LogP contribution is -2.53. The van der Waals surface area contributed by atoms with Crippen LogP contribution in [0.25, 0.3) is 0 Å². The first kappa shape index (κ1) is 15.0. The second-order valence-electron chi connectivity index (χ2n) is 7.78. The zero-order valence-corrected chi connectivity index (χ0v) is 13.5. The van der Waals surface area contributed by atoms with Gasteiger partial charge in [-0.15, -0.1) is 0 Å². The third-order valence-corrected chi connectivity index (χ3v) is 7.16. The van der Waals surface area contributed by atoms with Crippen molar-refractivity contribution in [3.05, 3.63) is 0 Å². The Labute approximate surface area is 116 Å². The Morgan fingerprint density at radius 2 is 1.79 bits per heavy atom. The molecule has 2 aliphatic rings. The van der Waals surface area contributed by atoms with E-state index >= 15 is 0 Å². The van der Waals surface area contributed by atoms with Gasteiger partial charge in [0.25, 0.3) is 0 Å². The van der Waals surface area contributed by atoms with Gasteiger partial charge in [-0.1, -0.05) is 20.8 Å². The second kappa shape index (κ2) is 4.04. The SMILES string of the molecule is CC1C2CC(C(S(=O)(=O)NC(C)(C)C)C2=O)C1(C)C. The third-order valence-electron chi connectivity index (χ3n) is 5.03. The molecule has 4 nitrogen and oxygen atoms in total. The molecule has 0 radical (unpaired) electrons. The van der Waals surface area contributed by atoms with Gasteiger partial charge < -0.3 is 0 Å². The van der Waals surface area contributed by atoms with Gasteiger partial charge in [-0.25, -0.2) is 13.1 Å². The van der Waals surface area contributed by atoms with Crippen LogP contribution in [0.2, 0.25) is 0 Å². The van der Waals surface area contributed by atoms with Crippen molar-refractivity contribution in [3.8, 4) is 0 Å². The number of carbonyl (C=O) groups is 1. The molecule has 0 amide bonds. The van der Waals surface area contributed by atoms with Crippen molar-refractivity contribution < 1.29 is 13.2 Å². The number of Topliss-reactive ketones (excluding diaryl/α,β-unsaturated/α-hetero) is 1. The van der Waals surface area contributed by atoms with Crippen molar-refractivity contribution >= 4 is 15.8 Å². The van der Waals surface area contributed by atoms with Crippen LogP contribution in [0.15, 0.2) is 0 Å². The molecule has 4 atom stereocenters. The highest BCUT2D eigenvalue weighted by Crippen LogP contribution is 2.59. The molecule has 0 heterocycles. The van der Waals surface area contributed by atoms with E-state index in [0.29, 0.717) is 0 Å². The first-order valence-electron chi connectivity index (χ1n) is 6.94. The van der Waals surface area contributed by atoms with Crippen molar-refractivity contribution in [2.45, 2.75) is 58.8 Å². The van der Waals surface area contributed by atoms with Crippen LogP contribution < -0.4 is 4.72 Å². The van der Waals surface area contributed by atoms with Crippen LogP contribution in [-0.4, -0.2) is 25.0 Å². The number of hydrogen-bond donors (Lipinski definition) is 1. The molecule has 0 aromatic heterocycles. The summed E-state index contributed by atoms with van der Waals surface area (Å²) in [6, 6.07) is 0. The Morgan fingerprint density at radius 1 is 1.26 bits per heavy atom. The molecule has 110 valence electrons. The maximum Gasteiger partial charge on any atom is 0.222 e. The number of carbonyl (C=O) groups excluding carboxylic acids is 1. The summed E-state index contributed by atoms with van der Waals surface area (Å²) in [5.74, 6) is 0.0565. The summed E-state index contributed by atoms with van der Waals surface area (Å²) < 4.78 is 27.7. The van der Waals surface area contributed by atoms with E-state index in [-0.39, 0.29) is 29.0 Å². The summed E-state index contributed by atoms with van der Waals surface area (Å²) in [7, 11) is -3.59. The van der Waals surface area contributed by atoms with Crippen LogP contribution in [0.1, 0.15) is 48.0 Å². The molecule has 0 saturated heterocycles. The molecule has 0 aromatic rings. The van der Waals surface area contributed by atoms with E-state index in [2.05, 4.69) is 25.5 Å². The van der Waals surface area contributed by atoms with Crippen molar-refractivity contribution in [2.75, 3.05) is 0 Å². The topological polar surface area (TPSA) is 63.2 Å². The van der Waals surface area contributed by atoms with E-state index in [0.717, 1.165) is 6.42 Å². The predicted octanol–water partition coefficient (Wildman–Crippen LogP) is 1.95. The molecular weight excluding hydrogens is 262 g/mol. The molecule has 5 heteroatoms. The quantitative estimate of drug-likeness (QED) is 0.844. The first-order valence-corrected chi connectivity index (χ1v) is 8.49. The Kier molecular flexibility index (Phi) is 3.19. The van der Waals surface area contributed by atoms with Gasteiger partial charge in [-0.3, -0.25) is 4.79 Å². The van der Waals surface area contributed by atoms with Gasteiger partial charge in [0.2, 0.25) is 10.0 Å². The standard InChI is InChI=1S/C14H25NO3S/c1-8-9-7-10(14(8,5)6)12(11(9)16)19(17,18)15-13(2,3)4/h8-10,12,15H,7H2,1-6H3. The van der Waals surface area contributed by atoms with Crippen LogP contribution in [0, 0.1) is 23.2 Å². The molecule has 2 bridgehead atoms. The molecule has 2 fully saturated rings. The van der Waals surface area contributed by atoms with Gasteiger partial charge in [-0.05, 0) is 44.4 Å². The number of sulfonamides is 1. The third kappa shape index (κ3) is 2.25. The van der Waals surface area contributed by atoms with E-state index in [9.17, 15) is 13.2 Å². The maximum absolute atomic E-state index is 12.5. The maximum atomic E-state index is 12.5. The molecule has 0 aromatic carbocycles. The molecular formula is C14H25NO3S. The minimum Gasteiger partial charge on any atom is -0.298 e. The second-order valence-corrected chi connectivity index (χ2v) is 9.58. The van der Waals surface area contributed by atoms with Gasteiger partial charge >= 0.3 is 0 Å². The average molecular weight is 287 g/mol. The van der Waals surface area contributed by atoms with Crippen LogP contribution in [0.4, 0.5) is 0 Å². The minimum atomic E-state index is -3.59. The Hall–Kier alpha value is -0.420. The van der Waals surface area contributed by atoms with Gasteiger partial charge in [0, 0.05) is 11.5 Å². The van der Waals surface area contributed by atoms with Crippen LogP contribution in [-0.2, 0) is 14.8 Å². The lowest BCUT2D eigenvalue weighted by Gasteiger charge is -2.40. The van der Waals surface area contributed by atoms with E-state index in [1.165, 1.54) is 0 Å². The van der Waals surface area contributed by atoms with Gasteiger partial charge in [0.05, 0.1) is 0 Å². The number of ketones is 1. The normalized spacial score (nSPS) is 37.9. The summed E-state index contributed by atoms with van der Waals surface area (Å²) in [6.45, 7) is 11.7. The highest BCUT2D eigenvalue weighted by molar-refractivity contribution is 7.91. The molecule has 2 rings (SSSR count). The lowest BCUT2D eigenvalue weighted by molar-refractivity contribution is -0.125. The van der Waals surface area contributed by atoms with Crippen LogP contribution in [0.5, 0.6) is 0 Å². The predicted molar refractivity (Wildman–Crippen MR) is 75.1 cm³/mol. The molecule has 2 aliphatic carbocycles. The van der Waals surface area contributed by atoms with Gasteiger partial charge in [0.1, 0.15) is 5.25 Å². The highest BCUT2D eigenvalue weighted by Gasteiger charge is 2.63.